The van der Waals surface area contributed by atoms with E-state index in [0.29, 0.717) is 0 Å². The van der Waals surface area contributed by atoms with Crippen molar-refractivity contribution in [1.82, 2.24) is 5.32 Å². The smallest absolute Gasteiger partial charge is 0.0447 e. The molecular formula is C15H22N2. The number of hydrogen-bond acceptors (Lipinski definition) is 2. The fourth-order valence-corrected chi connectivity index (χ4v) is 3.36. The average Bonchev–Trinajstić information content (AvgIpc) is 2.57. The molecule has 0 radical (unpaired) electrons. The predicted octanol–water partition coefficient (Wildman–Crippen LogP) is 2.88. The lowest BCUT2D eigenvalue weighted by Gasteiger charge is -2.36. The van der Waals surface area contributed by atoms with E-state index in [9.17, 15) is 0 Å². The Morgan fingerprint density at radius 3 is 3.18 bits per heavy atom. The molecule has 0 saturated carbocycles. The van der Waals surface area contributed by atoms with Crippen LogP contribution in [0.4, 0.5) is 5.69 Å². The third-order valence-corrected chi connectivity index (χ3v) is 4.17. The molecule has 2 heterocycles. The zero-order valence-electron chi connectivity index (χ0n) is 10.7. The van der Waals surface area contributed by atoms with Gasteiger partial charge >= 0.3 is 0 Å². The molecule has 0 aromatic heterocycles. The molecule has 0 amide bonds. The second kappa shape index (κ2) is 4.69. The largest absolute Gasteiger partial charge is 0.370 e. The van der Waals surface area contributed by atoms with Gasteiger partial charge in [0.2, 0.25) is 0 Å². The van der Waals surface area contributed by atoms with Crippen molar-refractivity contribution in [1.29, 1.82) is 0 Å². The van der Waals surface area contributed by atoms with Gasteiger partial charge in [0.05, 0.1) is 0 Å². The van der Waals surface area contributed by atoms with Gasteiger partial charge < -0.3 is 10.2 Å². The van der Waals surface area contributed by atoms with Crippen LogP contribution in [0.15, 0.2) is 18.2 Å². The number of para-hydroxylation sites is 1. The van der Waals surface area contributed by atoms with Crippen molar-refractivity contribution in [3.8, 4) is 0 Å². The van der Waals surface area contributed by atoms with Crippen LogP contribution < -0.4 is 10.2 Å². The highest BCUT2D eigenvalue weighted by molar-refractivity contribution is 5.63. The predicted molar refractivity (Wildman–Crippen MR) is 72.6 cm³/mol. The van der Waals surface area contributed by atoms with Gasteiger partial charge in [-0.05, 0) is 29.9 Å². The van der Waals surface area contributed by atoms with Crippen molar-refractivity contribution in [3.63, 3.8) is 0 Å². The van der Waals surface area contributed by atoms with Crippen molar-refractivity contribution in [2.75, 3.05) is 24.5 Å². The Morgan fingerprint density at radius 2 is 2.29 bits per heavy atom. The molecule has 2 heteroatoms. The minimum atomic E-state index is 0.796. The molecule has 0 saturated heterocycles. The van der Waals surface area contributed by atoms with Crippen LogP contribution in [0.25, 0.3) is 0 Å². The SMILES string of the molecule is CCCC1CCN2CCNCc3cccc1c32. The Kier molecular flexibility index (Phi) is 3.06. The van der Waals surface area contributed by atoms with Crippen LogP contribution in [0, 0.1) is 0 Å². The number of nitrogens with zero attached hydrogens (tertiary/aromatic N) is 1. The van der Waals surface area contributed by atoms with Gasteiger partial charge in [-0.25, -0.2) is 0 Å². The van der Waals surface area contributed by atoms with Crippen molar-refractivity contribution in [2.45, 2.75) is 38.6 Å². The summed E-state index contributed by atoms with van der Waals surface area (Å²) in [6.45, 7) is 6.87. The van der Waals surface area contributed by atoms with Crippen LogP contribution in [0.1, 0.15) is 43.2 Å². The highest BCUT2D eigenvalue weighted by Gasteiger charge is 2.27. The van der Waals surface area contributed by atoms with E-state index in [1.165, 1.54) is 37.9 Å². The monoisotopic (exact) mass is 230 g/mol. The first kappa shape index (κ1) is 11.1. The van der Waals surface area contributed by atoms with Crippen LogP contribution in [-0.4, -0.2) is 19.6 Å². The fraction of sp³-hybridized carbons (Fsp3) is 0.600. The topological polar surface area (TPSA) is 15.3 Å². The van der Waals surface area contributed by atoms with Crippen LogP contribution in [0.3, 0.4) is 0 Å². The Bertz CT molecular complexity index is 400. The molecule has 1 atom stereocenters. The molecule has 0 spiro atoms. The van der Waals surface area contributed by atoms with Crippen LogP contribution >= 0.6 is 0 Å². The molecule has 0 fully saturated rings. The summed E-state index contributed by atoms with van der Waals surface area (Å²) >= 11 is 0. The van der Waals surface area contributed by atoms with Gasteiger partial charge in [0.1, 0.15) is 0 Å². The maximum absolute atomic E-state index is 3.53. The quantitative estimate of drug-likeness (QED) is 0.840. The molecular weight excluding hydrogens is 208 g/mol. The first-order valence-electron chi connectivity index (χ1n) is 6.97. The molecule has 3 rings (SSSR count). The number of benzene rings is 1. The minimum absolute atomic E-state index is 0.796. The standard InChI is InChI=1S/C15H22N2/c1-2-4-12-7-9-17-10-8-16-11-13-5-3-6-14(12)15(13)17/h3,5-6,12,16H,2,4,7-11H2,1H3. The Labute approximate surface area is 104 Å². The Balaban J connectivity index is 2.04. The van der Waals surface area contributed by atoms with Gasteiger partial charge in [-0.3, -0.25) is 0 Å². The van der Waals surface area contributed by atoms with Crippen molar-refractivity contribution in [3.05, 3.63) is 29.3 Å². The molecule has 1 aromatic carbocycles. The van der Waals surface area contributed by atoms with E-state index in [4.69, 9.17) is 0 Å². The number of nitrogens with one attached hydrogen (secondary N) is 1. The van der Waals surface area contributed by atoms with Gasteiger partial charge in [0.25, 0.3) is 0 Å². The second-order valence-electron chi connectivity index (χ2n) is 5.29. The van der Waals surface area contributed by atoms with E-state index in [2.05, 4.69) is 35.3 Å². The lowest BCUT2D eigenvalue weighted by Crippen LogP contribution is -2.34. The fourth-order valence-electron chi connectivity index (χ4n) is 3.36. The summed E-state index contributed by atoms with van der Waals surface area (Å²) in [5, 5.41) is 3.53. The lowest BCUT2D eigenvalue weighted by molar-refractivity contribution is 0.535. The van der Waals surface area contributed by atoms with Gasteiger partial charge in [0, 0.05) is 31.9 Å². The molecule has 0 bridgehead atoms. The van der Waals surface area contributed by atoms with Crippen molar-refractivity contribution >= 4 is 5.69 Å². The molecule has 1 N–H and O–H groups in total. The highest BCUT2D eigenvalue weighted by Crippen LogP contribution is 2.40. The summed E-state index contributed by atoms with van der Waals surface area (Å²) in [6, 6.07) is 6.89. The van der Waals surface area contributed by atoms with E-state index in [0.717, 1.165) is 19.0 Å². The van der Waals surface area contributed by atoms with Crippen molar-refractivity contribution in [2.24, 2.45) is 0 Å². The Hall–Kier alpha value is -1.02. The first-order chi connectivity index (χ1) is 8.40. The van der Waals surface area contributed by atoms with Gasteiger partial charge in [-0.1, -0.05) is 31.5 Å². The summed E-state index contributed by atoms with van der Waals surface area (Å²) in [5.41, 5.74) is 4.67. The average molecular weight is 230 g/mol. The molecule has 17 heavy (non-hydrogen) atoms. The maximum atomic E-state index is 3.53. The molecule has 2 aliphatic rings. The van der Waals surface area contributed by atoms with E-state index in [1.54, 1.807) is 11.3 Å². The maximum Gasteiger partial charge on any atom is 0.0447 e. The van der Waals surface area contributed by atoms with Crippen LogP contribution in [0.2, 0.25) is 0 Å². The van der Waals surface area contributed by atoms with E-state index >= 15 is 0 Å². The zero-order chi connectivity index (χ0) is 11.7. The third kappa shape index (κ3) is 1.95. The van der Waals surface area contributed by atoms with Gasteiger partial charge in [-0.15, -0.1) is 0 Å². The molecule has 92 valence electrons. The summed E-state index contributed by atoms with van der Waals surface area (Å²) in [6.07, 6.45) is 3.98. The molecule has 2 nitrogen and oxygen atoms in total. The normalized spacial score (nSPS) is 23.1. The molecule has 2 aliphatic heterocycles. The van der Waals surface area contributed by atoms with Gasteiger partial charge in [0.15, 0.2) is 0 Å². The minimum Gasteiger partial charge on any atom is -0.370 e. The van der Waals surface area contributed by atoms with E-state index in [1.807, 2.05) is 0 Å². The van der Waals surface area contributed by atoms with E-state index in [-0.39, 0.29) is 0 Å². The zero-order valence-corrected chi connectivity index (χ0v) is 10.7. The lowest BCUT2D eigenvalue weighted by atomic mass is 9.85. The first-order valence-corrected chi connectivity index (χ1v) is 6.97. The second-order valence-corrected chi connectivity index (χ2v) is 5.29. The number of hydrogen-bond donors (Lipinski definition) is 1. The Morgan fingerprint density at radius 1 is 1.35 bits per heavy atom. The van der Waals surface area contributed by atoms with Gasteiger partial charge in [-0.2, -0.15) is 0 Å². The van der Waals surface area contributed by atoms with Crippen molar-refractivity contribution < 1.29 is 0 Å². The van der Waals surface area contributed by atoms with Crippen LogP contribution in [0.5, 0.6) is 0 Å². The number of anilines is 1. The molecule has 1 unspecified atom stereocenters. The third-order valence-electron chi connectivity index (χ3n) is 4.17. The highest BCUT2D eigenvalue weighted by atomic mass is 15.2. The van der Waals surface area contributed by atoms with E-state index < -0.39 is 0 Å². The molecule has 1 aromatic rings. The summed E-state index contributed by atoms with van der Waals surface area (Å²) in [4.78, 5) is 2.59. The van der Waals surface area contributed by atoms with Crippen LogP contribution in [-0.2, 0) is 6.54 Å². The summed E-state index contributed by atoms with van der Waals surface area (Å²) in [7, 11) is 0. The molecule has 0 aliphatic carbocycles. The summed E-state index contributed by atoms with van der Waals surface area (Å²) in [5.74, 6) is 0.796. The summed E-state index contributed by atoms with van der Waals surface area (Å²) < 4.78 is 0. The number of rotatable bonds is 2.